The lowest BCUT2D eigenvalue weighted by atomic mass is 10.0. The summed E-state index contributed by atoms with van der Waals surface area (Å²) in [5.41, 5.74) is 1.03. The predicted molar refractivity (Wildman–Crippen MR) is 93.9 cm³/mol. The monoisotopic (exact) mass is 373 g/mol. The molecule has 1 heterocycles. The van der Waals surface area contributed by atoms with E-state index in [1.165, 1.54) is 30.3 Å². The number of hydrogen-bond donors (Lipinski definition) is 2. The Morgan fingerprint density at radius 1 is 1.22 bits per heavy atom. The SMILES string of the molecule is Cc1ccc(NC(=O)[C@H](Cc2cccc(F)c2)N2C(=O)CNC2=O)c(F)c1. The molecule has 0 bridgehead atoms. The number of imide groups is 1. The summed E-state index contributed by atoms with van der Waals surface area (Å²) in [6.07, 6.45) is -0.101. The molecule has 0 spiro atoms. The molecule has 1 fully saturated rings. The highest BCUT2D eigenvalue weighted by Crippen LogP contribution is 2.19. The number of anilines is 1. The Morgan fingerprint density at radius 3 is 2.63 bits per heavy atom. The van der Waals surface area contributed by atoms with Crippen molar-refractivity contribution in [1.82, 2.24) is 10.2 Å². The van der Waals surface area contributed by atoms with E-state index in [2.05, 4.69) is 10.6 Å². The Labute approximate surface area is 154 Å². The number of carbonyl (C=O) groups excluding carboxylic acids is 3. The van der Waals surface area contributed by atoms with Gasteiger partial charge in [0.2, 0.25) is 5.91 Å². The van der Waals surface area contributed by atoms with E-state index in [9.17, 15) is 23.2 Å². The normalized spacial score (nSPS) is 14.9. The molecular formula is C19H17F2N3O3. The summed E-state index contributed by atoms with van der Waals surface area (Å²) in [6.45, 7) is 1.47. The summed E-state index contributed by atoms with van der Waals surface area (Å²) >= 11 is 0. The molecule has 3 rings (SSSR count). The summed E-state index contributed by atoms with van der Waals surface area (Å²) < 4.78 is 27.5. The number of nitrogens with one attached hydrogen (secondary N) is 2. The molecule has 0 aromatic heterocycles. The number of nitrogens with zero attached hydrogens (tertiary/aromatic N) is 1. The van der Waals surface area contributed by atoms with Crippen LogP contribution in [0.3, 0.4) is 0 Å². The third kappa shape index (κ3) is 4.11. The Balaban J connectivity index is 1.89. The third-order valence-electron chi connectivity index (χ3n) is 4.19. The molecule has 0 radical (unpaired) electrons. The average Bonchev–Trinajstić information content (AvgIpc) is 2.94. The van der Waals surface area contributed by atoms with Gasteiger partial charge in [0.05, 0.1) is 12.2 Å². The molecule has 1 saturated heterocycles. The Kier molecular flexibility index (Phi) is 5.16. The topological polar surface area (TPSA) is 78.5 Å². The Bertz CT molecular complexity index is 901. The largest absolute Gasteiger partial charge is 0.329 e. The van der Waals surface area contributed by atoms with E-state index < -0.39 is 35.5 Å². The minimum absolute atomic E-state index is 0.0677. The van der Waals surface area contributed by atoms with Crippen molar-refractivity contribution in [2.75, 3.05) is 11.9 Å². The standard InChI is InChI=1S/C19H17F2N3O3/c1-11-5-6-15(14(21)7-11)23-18(26)16(24-17(25)10-22-19(24)27)9-12-3-2-4-13(20)8-12/h2-8,16H,9-10H2,1H3,(H,22,27)(H,23,26)/t16-/m0/s1. The molecule has 140 valence electrons. The molecule has 0 unspecified atom stereocenters. The lowest BCUT2D eigenvalue weighted by Crippen LogP contribution is -2.49. The number of aryl methyl sites for hydroxylation is 1. The Hall–Kier alpha value is -3.29. The van der Waals surface area contributed by atoms with Crippen LogP contribution in [0.15, 0.2) is 42.5 Å². The minimum atomic E-state index is -1.25. The number of halogens is 2. The quantitative estimate of drug-likeness (QED) is 0.790. The number of carbonyl (C=O) groups is 3. The smallest absolute Gasteiger partial charge is 0.325 e. The number of hydrogen-bond acceptors (Lipinski definition) is 3. The van der Waals surface area contributed by atoms with Gasteiger partial charge in [-0.25, -0.2) is 18.5 Å². The molecule has 1 aliphatic rings. The van der Waals surface area contributed by atoms with E-state index >= 15 is 0 Å². The number of urea groups is 1. The van der Waals surface area contributed by atoms with Crippen LogP contribution in [0.1, 0.15) is 11.1 Å². The highest BCUT2D eigenvalue weighted by Gasteiger charge is 2.39. The van der Waals surface area contributed by atoms with Crippen LogP contribution in [0.25, 0.3) is 0 Å². The molecule has 8 heteroatoms. The van der Waals surface area contributed by atoms with Gasteiger partial charge in [-0.2, -0.15) is 0 Å². The maximum atomic E-state index is 14.1. The van der Waals surface area contributed by atoms with Crippen molar-refractivity contribution in [1.29, 1.82) is 0 Å². The third-order valence-corrected chi connectivity index (χ3v) is 4.19. The van der Waals surface area contributed by atoms with Gasteiger partial charge < -0.3 is 10.6 Å². The van der Waals surface area contributed by atoms with Crippen molar-refractivity contribution in [2.24, 2.45) is 0 Å². The fourth-order valence-electron chi connectivity index (χ4n) is 2.88. The zero-order valence-electron chi connectivity index (χ0n) is 14.5. The van der Waals surface area contributed by atoms with Gasteiger partial charge in [-0.15, -0.1) is 0 Å². The molecule has 6 nitrogen and oxygen atoms in total. The Morgan fingerprint density at radius 2 is 2.00 bits per heavy atom. The molecular weight excluding hydrogens is 356 g/mol. The van der Waals surface area contributed by atoms with Crippen LogP contribution in [0.2, 0.25) is 0 Å². The fourth-order valence-corrected chi connectivity index (χ4v) is 2.88. The second-order valence-electron chi connectivity index (χ2n) is 6.24. The predicted octanol–water partition coefficient (Wildman–Crippen LogP) is 2.37. The average molecular weight is 373 g/mol. The van der Waals surface area contributed by atoms with Crippen molar-refractivity contribution in [3.8, 4) is 0 Å². The number of rotatable bonds is 5. The molecule has 1 aliphatic heterocycles. The zero-order chi connectivity index (χ0) is 19.6. The molecule has 0 aliphatic carbocycles. The molecule has 1 atom stereocenters. The first-order valence-corrected chi connectivity index (χ1v) is 8.26. The summed E-state index contributed by atoms with van der Waals surface area (Å²) in [7, 11) is 0. The van der Waals surface area contributed by atoms with Crippen LogP contribution in [0.4, 0.5) is 19.3 Å². The van der Waals surface area contributed by atoms with Crippen LogP contribution < -0.4 is 10.6 Å². The van der Waals surface area contributed by atoms with Gasteiger partial charge in [0.25, 0.3) is 5.91 Å². The number of benzene rings is 2. The van der Waals surface area contributed by atoms with Crippen molar-refractivity contribution in [3.63, 3.8) is 0 Å². The van der Waals surface area contributed by atoms with Gasteiger partial charge in [0.1, 0.15) is 17.7 Å². The first-order valence-electron chi connectivity index (χ1n) is 8.26. The maximum absolute atomic E-state index is 14.1. The van der Waals surface area contributed by atoms with Crippen molar-refractivity contribution < 1.29 is 23.2 Å². The summed E-state index contributed by atoms with van der Waals surface area (Å²) in [4.78, 5) is 37.6. The van der Waals surface area contributed by atoms with Crippen LogP contribution in [-0.4, -0.2) is 35.3 Å². The summed E-state index contributed by atoms with van der Waals surface area (Å²) in [5.74, 6) is -2.47. The van der Waals surface area contributed by atoms with E-state index in [0.29, 0.717) is 11.1 Å². The molecule has 0 saturated carbocycles. The van der Waals surface area contributed by atoms with Gasteiger partial charge in [0, 0.05) is 6.42 Å². The van der Waals surface area contributed by atoms with Crippen LogP contribution in [0.5, 0.6) is 0 Å². The van der Waals surface area contributed by atoms with Gasteiger partial charge in [-0.3, -0.25) is 9.59 Å². The first-order chi connectivity index (χ1) is 12.8. The highest BCUT2D eigenvalue weighted by atomic mass is 19.1. The van der Waals surface area contributed by atoms with Crippen LogP contribution in [0, 0.1) is 18.6 Å². The fraction of sp³-hybridized carbons (Fsp3) is 0.211. The van der Waals surface area contributed by atoms with Crippen molar-refractivity contribution in [3.05, 3.63) is 65.2 Å². The van der Waals surface area contributed by atoms with Gasteiger partial charge in [-0.1, -0.05) is 18.2 Å². The van der Waals surface area contributed by atoms with Gasteiger partial charge in [-0.05, 0) is 42.3 Å². The second-order valence-corrected chi connectivity index (χ2v) is 6.24. The molecule has 4 amide bonds. The van der Waals surface area contributed by atoms with Crippen molar-refractivity contribution >= 4 is 23.5 Å². The molecule has 2 aromatic carbocycles. The molecule has 2 aromatic rings. The van der Waals surface area contributed by atoms with Crippen molar-refractivity contribution in [2.45, 2.75) is 19.4 Å². The van der Waals surface area contributed by atoms with E-state index in [1.54, 1.807) is 19.1 Å². The van der Waals surface area contributed by atoms with E-state index in [-0.39, 0.29) is 18.7 Å². The lowest BCUT2D eigenvalue weighted by molar-refractivity contribution is -0.132. The van der Waals surface area contributed by atoms with Gasteiger partial charge in [0.15, 0.2) is 0 Å². The minimum Gasteiger partial charge on any atom is -0.329 e. The van der Waals surface area contributed by atoms with Crippen LogP contribution in [-0.2, 0) is 16.0 Å². The van der Waals surface area contributed by atoms with E-state index in [1.807, 2.05) is 0 Å². The van der Waals surface area contributed by atoms with E-state index in [0.717, 1.165) is 4.90 Å². The van der Waals surface area contributed by atoms with Gasteiger partial charge >= 0.3 is 6.03 Å². The maximum Gasteiger partial charge on any atom is 0.325 e. The number of amides is 4. The zero-order valence-corrected chi connectivity index (χ0v) is 14.5. The summed E-state index contributed by atoms with van der Waals surface area (Å²) in [5, 5.41) is 4.75. The first kappa shape index (κ1) is 18.5. The highest BCUT2D eigenvalue weighted by molar-refractivity contribution is 6.07. The molecule has 2 N–H and O–H groups in total. The summed E-state index contributed by atoms with van der Waals surface area (Å²) in [6, 6.07) is 7.80. The second kappa shape index (κ2) is 7.53. The lowest BCUT2D eigenvalue weighted by Gasteiger charge is -2.24. The van der Waals surface area contributed by atoms with Crippen LogP contribution >= 0.6 is 0 Å². The molecule has 27 heavy (non-hydrogen) atoms. The van der Waals surface area contributed by atoms with E-state index in [4.69, 9.17) is 0 Å².